The quantitative estimate of drug-likeness (QED) is 0.746. The van der Waals surface area contributed by atoms with Gasteiger partial charge in [-0.1, -0.05) is 18.2 Å². The molecule has 1 aromatic heterocycles. The number of benzene rings is 2. The number of aromatic nitrogens is 1. The minimum absolute atomic E-state index is 0.167. The first kappa shape index (κ1) is 17.5. The molecule has 0 unspecified atom stereocenters. The van der Waals surface area contributed by atoms with Gasteiger partial charge in [-0.05, 0) is 42.9 Å². The Morgan fingerprint density at radius 1 is 1.11 bits per heavy atom. The average Bonchev–Trinajstić information content (AvgIpc) is 3.12. The summed E-state index contributed by atoms with van der Waals surface area (Å²) >= 11 is 0. The van der Waals surface area contributed by atoms with Crippen LogP contribution in [-0.4, -0.2) is 49.0 Å². The molecule has 3 aromatic rings. The lowest BCUT2D eigenvalue weighted by Gasteiger charge is -2.34. The highest BCUT2D eigenvalue weighted by Gasteiger charge is 2.18. The van der Waals surface area contributed by atoms with Gasteiger partial charge in [-0.15, -0.1) is 0 Å². The van der Waals surface area contributed by atoms with Crippen LogP contribution in [-0.2, 0) is 6.54 Å². The fraction of sp³-hybridized carbons (Fsp3) is 0.286. The summed E-state index contributed by atoms with van der Waals surface area (Å²) in [6, 6.07) is 14.2. The van der Waals surface area contributed by atoms with Crippen molar-refractivity contribution >= 4 is 22.5 Å². The van der Waals surface area contributed by atoms with E-state index in [-0.39, 0.29) is 11.7 Å². The van der Waals surface area contributed by atoms with Gasteiger partial charge >= 0.3 is 0 Å². The van der Waals surface area contributed by atoms with Crippen LogP contribution in [0, 0.1) is 5.82 Å². The van der Waals surface area contributed by atoms with Gasteiger partial charge in [0, 0.05) is 49.3 Å². The molecular weight excluding hydrogens is 343 g/mol. The van der Waals surface area contributed by atoms with E-state index in [1.165, 1.54) is 12.1 Å². The zero-order chi connectivity index (χ0) is 18.8. The van der Waals surface area contributed by atoms with E-state index in [0.29, 0.717) is 12.2 Å². The first-order chi connectivity index (χ1) is 13.1. The number of nitrogens with one attached hydrogen (secondary N) is 2. The summed E-state index contributed by atoms with van der Waals surface area (Å²) < 4.78 is 13.0. The van der Waals surface area contributed by atoms with Crippen LogP contribution in [0.1, 0.15) is 16.1 Å². The minimum Gasteiger partial charge on any atom is -0.368 e. The summed E-state index contributed by atoms with van der Waals surface area (Å²) in [4.78, 5) is 20.5. The van der Waals surface area contributed by atoms with Gasteiger partial charge in [0.25, 0.3) is 5.91 Å². The summed E-state index contributed by atoms with van der Waals surface area (Å²) in [6.07, 6.45) is 0. The Labute approximate surface area is 157 Å². The number of halogens is 1. The Balaban J connectivity index is 1.51. The van der Waals surface area contributed by atoms with Gasteiger partial charge in [0.15, 0.2) is 0 Å². The van der Waals surface area contributed by atoms with E-state index >= 15 is 0 Å². The van der Waals surface area contributed by atoms with Crippen LogP contribution in [0.25, 0.3) is 10.9 Å². The molecule has 0 radical (unpaired) electrons. The van der Waals surface area contributed by atoms with Gasteiger partial charge in [0.2, 0.25) is 0 Å². The number of amides is 1. The van der Waals surface area contributed by atoms with Crippen molar-refractivity contribution in [3.8, 4) is 0 Å². The third-order valence-corrected chi connectivity index (χ3v) is 5.10. The number of carbonyl (C=O) groups is 1. The normalized spacial score (nSPS) is 15.3. The van der Waals surface area contributed by atoms with Crippen LogP contribution in [0.2, 0.25) is 0 Å². The molecule has 6 heteroatoms. The second-order valence-corrected chi connectivity index (χ2v) is 7.02. The number of nitrogens with zero attached hydrogens (tertiary/aromatic N) is 2. The van der Waals surface area contributed by atoms with Crippen molar-refractivity contribution in [2.24, 2.45) is 0 Å². The van der Waals surface area contributed by atoms with Crippen molar-refractivity contribution in [2.45, 2.75) is 6.54 Å². The van der Waals surface area contributed by atoms with Crippen molar-refractivity contribution in [2.75, 3.05) is 38.1 Å². The van der Waals surface area contributed by atoms with Crippen LogP contribution in [0.15, 0.2) is 48.5 Å². The predicted molar refractivity (Wildman–Crippen MR) is 106 cm³/mol. The standard InChI is InChI=1S/C21H23FN4O/c1-25-9-11-26(12-10-25)20-4-2-3-18-17(20)13-19(24-18)21(27)23-14-15-5-7-16(22)8-6-15/h2-8,13,24H,9-12,14H2,1H3,(H,23,27). The van der Waals surface area contributed by atoms with Gasteiger partial charge in [-0.25, -0.2) is 4.39 Å². The lowest BCUT2D eigenvalue weighted by atomic mass is 10.1. The van der Waals surface area contributed by atoms with Crippen LogP contribution in [0.3, 0.4) is 0 Å². The Bertz CT molecular complexity index is 942. The minimum atomic E-state index is -0.280. The fourth-order valence-electron chi connectivity index (χ4n) is 3.46. The first-order valence-electron chi connectivity index (χ1n) is 9.18. The van der Waals surface area contributed by atoms with Crippen LogP contribution in [0.4, 0.5) is 10.1 Å². The summed E-state index contributed by atoms with van der Waals surface area (Å²) in [5.41, 5.74) is 3.51. The Morgan fingerprint density at radius 2 is 1.85 bits per heavy atom. The number of aromatic amines is 1. The number of piperazine rings is 1. The van der Waals surface area contributed by atoms with Gasteiger partial charge < -0.3 is 20.1 Å². The molecule has 140 valence electrons. The molecule has 0 atom stereocenters. The number of likely N-dealkylation sites (N-methyl/N-ethyl adjacent to an activating group) is 1. The van der Waals surface area contributed by atoms with Crippen LogP contribution < -0.4 is 10.2 Å². The molecule has 1 amide bonds. The number of anilines is 1. The van der Waals surface area contributed by atoms with E-state index < -0.39 is 0 Å². The summed E-state index contributed by atoms with van der Waals surface area (Å²) in [5.74, 6) is -0.447. The van der Waals surface area contributed by atoms with Crippen molar-refractivity contribution in [1.82, 2.24) is 15.2 Å². The molecule has 2 heterocycles. The van der Waals surface area contributed by atoms with Gasteiger partial charge in [0.1, 0.15) is 11.5 Å². The number of hydrogen-bond donors (Lipinski definition) is 2. The topological polar surface area (TPSA) is 51.4 Å². The lowest BCUT2D eigenvalue weighted by Crippen LogP contribution is -2.44. The Kier molecular flexibility index (Phi) is 4.81. The van der Waals surface area contributed by atoms with Crippen molar-refractivity contribution < 1.29 is 9.18 Å². The molecule has 0 saturated carbocycles. The molecule has 27 heavy (non-hydrogen) atoms. The maximum Gasteiger partial charge on any atom is 0.267 e. The zero-order valence-corrected chi connectivity index (χ0v) is 15.3. The third kappa shape index (κ3) is 3.80. The largest absolute Gasteiger partial charge is 0.368 e. The number of H-pyrrole nitrogens is 1. The number of rotatable bonds is 4. The molecule has 2 N–H and O–H groups in total. The molecular formula is C21H23FN4O. The van der Waals surface area contributed by atoms with Gasteiger partial charge in [-0.3, -0.25) is 4.79 Å². The molecule has 1 aliphatic heterocycles. The van der Waals surface area contributed by atoms with Crippen LogP contribution in [0.5, 0.6) is 0 Å². The van der Waals surface area contributed by atoms with E-state index in [4.69, 9.17) is 0 Å². The SMILES string of the molecule is CN1CCN(c2cccc3[nH]c(C(=O)NCc4ccc(F)cc4)cc23)CC1. The van der Waals surface area contributed by atoms with E-state index in [1.54, 1.807) is 12.1 Å². The molecule has 2 aromatic carbocycles. The summed E-state index contributed by atoms with van der Waals surface area (Å²) in [7, 11) is 2.14. The fourth-order valence-corrected chi connectivity index (χ4v) is 3.46. The summed E-state index contributed by atoms with van der Waals surface area (Å²) in [6.45, 7) is 4.39. The second kappa shape index (κ2) is 7.40. The smallest absolute Gasteiger partial charge is 0.267 e. The Morgan fingerprint density at radius 3 is 2.59 bits per heavy atom. The maximum absolute atomic E-state index is 13.0. The van der Waals surface area contributed by atoms with E-state index in [0.717, 1.165) is 48.3 Å². The van der Waals surface area contributed by atoms with Crippen molar-refractivity contribution in [1.29, 1.82) is 0 Å². The highest BCUT2D eigenvalue weighted by Crippen LogP contribution is 2.28. The van der Waals surface area contributed by atoms with Crippen LogP contribution >= 0.6 is 0 Å². The van der Waals surface area contributed by atoms with Gasteiger partial charge in [0.05, 0.1) is 0 Å². The molecule has 1 aliphatic rings. The molecule has 0 aliphatic carbocycles. The Hall–Kier alpha value is -2.86. The third-order valence-electron chi connectivity index (χ3n) is 5.10. The lowest BCUT2D eigenvalue weighted by molar-refractivity contribution is 0.0947. The molecule has 1 fully saturated rings. The first-order valence-corrected chi connectivity index (χ1v) is 9.18. The maximum atomic E-state index is 13.0. The molecule has 0 bridgehead atoms. The molecule has 1 saturated heterocycles. The average molecular weight is 366 g/mol. The summed E-state index contributed by atoms with van der Waals surface area (Å²) in [5, 5.41) is 3.95. The van der Waals surface area contributed by atoms with E-state index in [1.807, 2.05) is 18.2 Å². The predicted octanol–water partition coefficient (Wildman–Crippen LogP) is 2.99. The second-order valence-electron chi connectivity index (χ2n) is 7.02. The highest BCUT2D eigenvalue weighted by atomic mass is 19.1. The van der Waals surface area contributed by atoms with E-state index in [9.17, 15) is 9.18 Å². The monoisotopic (exact) mass is 366 g/mol. The van der Waals surface area contributed by atoms with Gasteiger partial charge in [-0.2, -0.15) is 0 Å². The molecule has 0 spiro atoms. The highest BCUT2D eigenvalue weighted by molar-refractivity contribution is 6.02. The number of carbonyl (C=O) groups excluding carboxylic acids is 1. The van der Waals surface area contributed by atoms with E-state index in [2.05, 4.69) is 33.2 Å². The molecule has 4 rings (SSSR count). The zero-order valence-electron chi connectivity index (χ0n) is 15.3. The number of fused-ring (bicyclic) bond motifs is 1. The van der Waals surface area contributed by atoms with Crippen molar-refractivity contribution in [3.63, 3.8) is 0 Å². The number of hydrogen-bond acceptors (Lipinski definition) is 3. The van der Waals surface area contributed by atoms with Crippen molar-refractivity contribution in [3.05, 3.63) is 65.6 Å². The molecule has 5 nitrogen and oxygen atoms in total.